The molecular formula is C24H27N5O2. The van der Waals surface area contributed by atoms with Gasteiger partial charge in [-0.25, -0.2) is 4.68 Å². The van der Waals surface area contributed by atoms with Gasteiger partial charge in [-0.05, 0) is 49.4 Å². The molecule has 1 aromatic heterocycles. The van der Waals surface area contributed by atoms with Crippen LogP contribution in [-0.4, -0.2) is 33.7 Å². The average Bonchev–Trinajstić information content (AvgIpc) is 3.23. The number of rotatable bonds is 6. The number of nitrogens with two attached hydrogens (primary N) is 1. The van der Waals surface area contributed by atoms with Crippen LogP contribution in [0.4, 0.5) is 5.69 Å². The highest BCUT2D eigenvalue weighted by Crippen LogP contribution is 2.18. The molecule has 0 bridgehead atoms. The Hall–Kier alpha value is -3.45. The molecule has 1 aliphatic rings. The monoisotopic (exact) mass is 417 g/mol. The van der Waals surface area contributed by atoms with Crippen molar-refractivity contribution < 1.29 is 9.59 Å². The molecule has 160 valence electrons. The van der Waals surface area contributed by atoms with Gasteiger partial charge in [-0.3, -0.25) is 9.59 Å². The van der Waals surface area contributed by atoms with Gasteiger partial charge in [0, 0.05) is 17.6 Å². The third-order valence-electron chi connectivity index (χ3n) is 5.50. The largest absolute Gasteiger partial charge is 0.349 e. The fraction of sp³-hybridized carbons (Fsp3) is 0.292. The van der Waals surface area contributed by atoms with E-state index in [2.05, 4.69) is 15.7 Å². The van der Waals surface area contributed by atoms with Crippen molar-refractivity contribution in [3.63, 3.8) is 0 Å². The van der Waals surface area contributed by atoms with Crippen LogP contribution >= 0.6 is 0 Å². The summed E-state index contributed by atoms with van der Waals surface area (Å²) in [5, 5.41) is 10.3. The van der Waals surface area contributed by atoms with E-state index >= 15 is 0 Å². The average molecular weight is 418 g/mol. The van der Waals surface area contributed by atoms with Crippen LogP contribution in [0.5, 0.6) is 0 Å². The Morgan fingerprint density at radius 3 is 2.74 bits per heavy atom. The Bertz CT molecular complexity index is 1050. The number of benzene rings is 2. The number of nitrogens with zero attached hydrogens (tertiary/aromatic N) is 2. The van der Waals surface area contributed by atoms with E-state index < -0.39 is 0 Å². The first-order chi connectivity index (χ1) is 15.1. The summed E-state index contributed by atoms with van der Waals surface area (Å²) in [6.07, 6.45) is 7.47. The lowest BCUT2D eigenvalue weighted by Gasteiger charge is -2.27. The zero-order valence-electron chi connectivity index (χ0n) is 17.3. The number of nitrogens with one attached hydrogen (secondary N) is 2. The van der Waals surface area contributed by atoms with E-state index in [9.17, 15) is 9.59 Å². The predicted octanol–water partition coefficient (Wildman–Crippen LogP) is 3.05. The van der Waals surface area contributed by atoms with Gasteiger partial charge >= 0.3 is 0 Å². The van der Waals surface area contributed by atoms with Crippen molar-refractivity contribution in [2.24, 2.45) is 5.73 Å². The molecule has 1 saturated carbocycles. The maximum atomic E-state index is 12.7. The van der Waals surface area contributed by atoms with Crippen LogP contribution in [0.25, 0.3) is 5.69 Å². The van der Waals surface area contributed by atoms with Crippen LogP contribution in [-0.2, 0) is 11.2 Å². The normalized spacial score (nSPS) is 18.4. The zero-order chi connectivity index (χ0) is 21.6. The molecule has 1 aliphatic carbocycles. The van der Waals surface area contributed by atoms with Crippen molar-refractivity contribution in [3.05, 3.63) is 78.1 Å². The minimum Gasteiger partial charge on any atom is -0.349 e. The molecule has 2 amide bonds. The van der Waals surface area contributed by atoms with Crippen molar-refractivity contribution in [1.82, 2.24) is 15.1 Å². The first-order valence-corrected chi connectivity index (χ1v) is 10.6. The van der Waals surface area contributed by atoms with Crippen molar-refractivity contribution in [2.45, 2.75) is 44.2 Å². The van der Waals surface area contributed by atoms with E-state index in [1.54, 1.807) is 29.2 Å². The third-order valence-corrected chi connectivity index (χ3v) is 5.50. The van der Waals surface area contributed by atoms with Gasteiger partial charge in [0.2, 0.25) is 5.91 Å². The highest BCUT2D eigenvalue weighted by atomic mass is 16.2. The highest BCUT2D eigenvalue weighted by Gasteiger charge is 2.21. The van der Waals surface area contributed by atoms with Crippen molar-refractivity contribution in [1.29, 1.82) is 0 Å². The lowest BCUT2D eigenvalue weighted by molar-refractivity contribution is -0.115. The second-order valence-electron chi connectivity index (χ2n) is 8.03. The molecule has 1 fully saturated rings. The van der Waals surface area contributed by atoms with Gasteiger partial charge in [0.25, 0.3) is 5.91 Å². The topological polar surface area (TPSA) is 102 Å². The van der Waals surface area contributed by atoms with Crippen molar-refractivity contribution in [3.8, 4) is 5.69 Å². The third kappa shape index (κ3) is 5.58. The van der Waals surface area contributed by atoms with E-state index in [-0.39, 0.29) is 23.9 Å². The van der Waals surface area contributed by atoms with Gasteiger partial charge in [-0.1, -0.05) is 36.4 Å². The molecule has 0 unspecified atom stereocenters. The molecule has 0 spiro atoms. The van der Waals surface area contributed by atoms with Crippen LogP contribution in [0.3, 0.4) is 0 Å². The van der Waals surface area contributed by atoms with Crippen LogP contribution in [0.1, 0.15) is 41.6 Å². The van der Waals surface area contributed by atoms with Crippen LogP contribution < -0.4 is 16.4 Å². The van der Waals surface area contributed by atoms with Crippen LogP contribution in [0, 0.1) is 0 Å². The molecule has 31 heavy (non-hydrogen) atoms. The van der Waals surface area contributed by atoms with E-state index in [1.165, 1.54) is 0 Å². The SMILES string of the molecule is N[C@H]1CCC[C@@H](NC(=O)c2cccc(-n3cc(NC(=O)Cc4ccccc4)cn3)c2)C1. The lowest BCUT2D eigenvalue weighted by Crippen LogP contribution is -2.42. The molecule has 3 aromatic rings. The second-order valence-corrected chi connectivity index (χ2v) is 8.03. The number of carbonyl (C=O) groups is 2. The Morgan fingerprint density at radius 1 is 1.10 bits per heavy atom. The van der Waals surface area contributed by atoms with Crippen LogP contribution in [0.15, 0.2) is 67.0 Å². The molecule has 4 N–H and O–H groups in total. The minimum absolute atomic E-state index is 0.107. The molecule has 1 heterocycles. The van der Waals surface area contributed by atoms with Gasteiger partial charge in [-0.2, -0.15) is 5.10 Å². The van der Waals surface area contributed by atoms with Gasteiger partial charge in [0.15, 0.2) is 0 Å². The highest BCUT2D eigenvalue weighted by molar-refractivity contribution is 5.95. The van der Waals surface area contributed by atoms with Gasteiger partial charge in [0.05, 0.1) is 30.2 Å². The van der Waals surface area contributed by atoms with Crippen LogP contribution in [0.2, 0.25) is 0 Å². The first kappa shape index (κ1) is 20.8. The molecule has 0 radical (unpaired) electrons. The standard InChI is InChI=1S/C24H27N5O2/c25-19-9-5-10-20(14-19)28-24(31)18-8-4-11-22(13-18)29-16-21(15-26-29)27-23(30)12-17-6-2-1-3-7-17/h1-4,6-8,11,13,15-16,19-20H,5,9-10,12,14,25H2,(H,27,30)(H,28,31)/t19-,20+/m0/s1. The summed E-state index contributed by atoms with van der Waals surface area (Å²) < 4.78 is 1.64. The minimum atomic E-state index is -0.107. The molecule has 7 heteroatoms. The van der Waals surface area contributed by atoms with E-state index in [0.29, 0.717) is 17.7 Å². The molecule has 7 nitrogen and oxygen atoms in total. The number of aromatic nitrogens is 2. The van der Waals surface area contributed by atoms with Gasteiger partial charge in [-0.15, -0.1) is 0 Å². The Balaban J connectivity index is 1.39. The molecule has 2 atom stereocenters. The number of hydrogen-bond acceptors (Lipinski definition) is 4. The number of carbonyl (C=O) groups excluding carboxylic acids is 2. The summed E-state index contributed by atoms with van der Waals surface area (Å²) in [6.45, 7) is 0. The molecule has 0 aliphatic heterocycles. The van der Waals surface area contributed by atoms with Crippen molar-refractivity contribution in [2.75, 3.05) is 5.32 Å². The van der Waals surface area contributed by atoms with E-state index in [0.717, 1.165) is 36.9 Å². The Morgan fingerprint density at radius 2 is 1.94 bits per heavy atom. The number of hydrogen-bond donors (Lipinski definition) is 3. The lowest BCUT2D eigenvalue weighted by atomic mass is 9.91. The summed E-state index contributed by atoms with van der Waals surface area (Å²) in [5.41, 5.74) is 8.90. The summed E-state index contributed by atoms with van der Waals surface area (Å²) in [7, 11) is 0. The molecule has 2 aromatic carbocycles. The summed E-state index contributed by atoms with van der Waals surface area (Å²) >= 11 is 0. The second kappa shape index (κ2) is 9.57. The summed E-state index contributed by atoms with van der Waals surface area (Å²) in [6, 6.07) is 17.1. The fourth-order valence-corrected chi connectivity index (χ4v) is 3.93. The quantitative estimate of drug-likeness (QED) is 0.574. The zero-order valence-corrected chi connectivity index (χ0v) is 17.3. The van der Waals surface area contributed by atoms with E-state index in [4.69, 9.17) is 5.73 Å². The molecule has 0 saturated heterocycles. The maximum Gasteiger partial charge on any atom is 0.251 e. The van der Waals surface area contributed by atoms with Gasteiger partial charge in [0.1, 0.15) is 0 Å². The number of anilines is 1. The Kier molecular flexibility index (Phi) is 6.43. The predicted molar refractivity (Wildman–Crippen MR) is 120 cm³/mol. The number of amides is 2. The smallest absolute Gasteiger partial charge is 0.251 e. The fourth-order valence-electron chi connectivity index (χ4n) is 3.93. The first-order valence-electron chi connectivity index (χ1n) is 10.6. The maximum absolute atomic E-state index is 12.7. The molecule has 4 rings (SSSR count). The van der Waals surface area contributed by atoms with E-state index in [1.807, 2.05) is 42.5 Å². The summed E-state index contributed by atoms with van der Waals surface area (Å²) in [5.74, 6) is -0.214. The van der Waals surface area contributed by atoms with Gasteiger partial charge < -0.3 is 16.4 Å². The Labute approximate surface area is 181 Å². The van der Waals surface area contributed by atoms with Crippen molar-refractivity contribution >= 4 is 17.5 Å². The molecular weight excluding hydrogens is 390 g/mol. The summed E-state index contributed by atoms with van der Waals surface area (Å²) in [4.78, 5) is 25.0.